The summed E-state index contributed by atoms with van der Waals surface area (Å²) in [7, 11) is 0. The van der Waals surface area contributed by atoms with Crippen LogP contribution in [0.1, 0.15) is 22.3 Å². The van der Waals surface area contributed by atoms with E-state index in [-0.39, 0.29) is 12.1 Å². The number of rotatable bonds is 4. The number of carbonyl (C=O) groups excluding carboxylic acids is 3. The number of alkyl halides is 3. The Morgan fingerprint density at radius 3 is 2.45 bits per heavy atom. The zero-order valence-electron chi connectivity index (χ0n) is 15.9. The molecule has 3 amide bonds. The lowest BCUT2D eigenvalue weighted by molar-refractivity contribution is -0.137. The molecule has 31 heavy (non-hydrogen) atoms. The second kappa shape index (κ2) is 7.84. The smallest absolute Gasteiger partial charge is 0.287 e. The molecule has 1 aliphatic heterocycles. The van der Waals surface area contributed by atoms with Gasteiger partial charge in [0.2, 0.25) is 5.91 Å². The minimum atomic E-state index is -4.61. The molecule has 3 aromatic carbocycles. The van der Waals surface area contributed by atoms with Crippen LogP contribution in [0.4, 0.5) is 18.9 Å². The molecule has 0 aromatic heterocycles. The number of hydrogen-bond donors (Lipinski definition) is 2. The number of hydrazine groups is 1. The van der Waals surface area contributed by atoms with Gasteiger partial charge in [-0.05, 0) is 35.0 Å². The zero-order chi connectivity index (χ0) is 22.2. The third kappa shape index (κ3) is 3.99. The number of halogens is 3. The lowest BCUT2D eigenvalue weighted by Gasteiger charge is -2.17. The van der Waals surface area contributed by atoms with E-state index in [4.69, 9.17) is 0 Å². The Morgan fingerprint density at radius 1 is 0.968 bits per heavy atom. The van der Waals surface area contributed by atoms with Crippen LogP contribution in [0.25, 0.3) is 10.8 Å². The first-order valence-corrected chi connectivity index (χ1v) is 9.33. The topological polar surface area (TPSA) is 78.5 Å². The van der Waals surface area contributed by atoms with Crippen LogP contribution in [0.3, 0.4) is 0 Å². The van der Waals surface area contributed by atoms with Gasteiger partial charge in [-0.2, -0.15) is 13.2 Å². The van der Waals surface area contributed by atoms with Crippen LogP contribution in [0.5, 0.6) is 0 Å². The minimum Gasteiger partial charge on any atom is -0.287 e. The van der Waals surface area contributed by atoms with Gasteiger partial charge in [-0.1, -0.05) is 42.5 Å². The average Bonchev–Trinajstić information content (AvgIpc) is 3.04. The molecule has 0 aliphatic carbocycles. The molecule has 1 atom stereocenters. The number of benzene rings is 3. The minimum absolute atomic E-state index is 0.172. The van der Waals surface area contributed by atoms with Gasteiger partial charge < -0.3 is 0 Å². The molecule has 1 fully saturated rings. The molecule has 6 nitrogen and oxygen atoms in total. The van der Waals surface area contributed by atoms with Crippen molar-refractivity contribution in [3.63, 3.8) is 0 Å². The Balaban J connectivity index is 1.49. The summed E-state index contributed by atoms with van der Waals surface area (Å²) in [6.07, 6.45) is -4.91. The van der Waals surface area contributed by atoms with Crippen LogP contribution < -0.4 is 15.8 Å². The molecule has 1 heterocycles. The summed E-state index contributed by atoms with van der Waals surface area (Å²) in [5.74, 6) is -1.92. The number of carbonyl (C=O) groups is 3. The molecule has 2 N–H and O–H groups in total. The van der Waals surface area contributed by atoms with E-state index in [1.165, 1.54) is 6.07 Å². The van der Waals surface area contributed by atoms with Crippen molar-refractivity contribution < 1.29 is 27.6 Å². The third-order valence-electron chi connectivity index (χ3n) is 4.97. The molecule has 0 spiro atoms. The number of hydrogen-bond acceptors (Lipinski definition) is 4. The van der Waals surface area contributed by atoms with Crippen LogP contribution in [-0.4, -0.2) is 23.8 Å². The van der Waals surface area contributed by atoms with Gasteiger partial charge in [0.1, 0.15) is 6.04 Å². The molecule has 4 rings (SSSR count). The van der Waals surface area contributed by atoms with Gasteiger partial charge in [-0.3, -0.25) is 19.8 Å². The van der Waals surface area contributed by atoms with Gasteiger partial charge in [0.05, 0.1) is 17.7 Å². The van der Waals surface area contributed by atoms with Crippen LogP contribution in [0, 0.1) is 0 Å². The van der Waals surface area contributed by atoms with E-state index in [9.17, 15) is 27.6 Å². The van der Waals surface area contributed by atoms with Gasteiger partial charge in [-0.25, -0.2) is 10.3 Å². The fraction of sp³-hybridized carbons (Fsp3) is 0.136. The molecule has 0 radical (unpaired) electrons. The summed E-state index contributed by atoms with van der Waals surface area (Å²) in [6, 6.07) is 15.3. The van der Waals surface area contributed by atoms with Gasteiger partial charge >= 0.3 is 6.18 Å². The van der Waals surface area contributed by atoms with Crippen molar-refractivity contribution in [3.8, 4) is 0 Å². The summed E-state index contributed by atoms with van der Waals surface area (Å²) in [5, 5.41) is 1.57. The number of imide groups is 1. The number of nitrogens with zero attached hydrogens (tertiary/aromatic N) is 1. The highest BCUT2D eigenvalue weighted by molar-refractivity contribution is 6.22. The first-order chi connectivity index (χ1) is 14.8. The molecule has 9 heteroatoms. The first-order valence-electron chi connectivity index (χ1n) is 9.33. The molecule has 0 unspecified atom stereocenters. The second-order valence-electron chi connectivity index (χ2n) is 7.00. The monoisotopic (exact) mass is 427 g/mol. The summed E-state index contributed by atoms with van der Waals surface area (Å²) in [5.41, 5.74) is 4.19. The van der Waals surface area contributed by atoms with Crippen molar-refractivity contribution in [2.24, 2.45) is 0 Å². The Bertz CT molecular complexity index is 1190. The largest absolute Gasteiger partial charge is 0.416 e. The van der Waals surface area contributed by atoms with E-state index >= 15 is 0 Å². The highest BCUT2D eigenvalue weighted by Crippen LogP contribution is 2.33. The summed E-state index contributed by atoms with van der Waals surface area (Å²) < 4.78 is 38.9. The van der Waals surface area contributed by atoms with Gasteiger partial charge in [0, 0.05) is 5.56 Å². The van der Waals surface area contributed by atoms with Crippen LogP contribution >= 0.6 is 0 Å². The summed E-state index contributed by atoms with van der Waals surface area (Å²) in [6.45, 7) is 0. The van der Waals surface area contributed by atoms with Gasteiger partial charge in [0.25, 0.3) is 11.8 Å². The SMILES string of the molecule is O=C(NN[C@@H]1CC(=O)N(c2cccc(C(F)(F)F)c2)C1=O)c1cccc2ccccc12. The maximum Gasteiger partial charge on any atom is 0.416 e. The van der Waals surface area contributed by atoms with E-state index in [0.717, 1.165) is 23.6 Å². The Hall–Kier alpha value is -3.72. The average molecular weight is 427 g/mol. The van der Waals surface area contributed by atoms with Crippen molar-refractivity contribution >= 4 is 34.2 Å². The quantitative estimate of drug-likeness (QED) is 0.494. The standard InChI is InChI=1S/C22H16F3N3O3/c23-22(24,25)14-7-4-8-15(11-14)28-19(29)12-18(21(28)31)26-27-20(30)17-10-3-6-13-5-1-2-9-16(13)17/h1-11,18,26H,12H2,(H,27,30)/t18-/m1/s1. The molecule has 3 aromatic rings. The third-order valence-corrected chi connectivity index (χ3v) is 4.97. The maximum absolute atomic E-state index is 13.0. The molecule has 0 saturated carbocycles. The predicted octanol–water partition coefficient (Wildman–Crippen LogP) is 3.43. The first kappa shape index (κ1) is 20.5. The van der Waals surface area contributed by atoms with Crippen LogP contribution in [0.15, 0.2) is 66.7 Å². The lowest BCUT2D eigenvalue weighted by atomic mass is 10.0. The highest BCUT2D eigenvalue weighted by Gasteiger charge is 2.41. The van der Waals surface area contributed by atoms with Crippen molar-refractivity contribution in [2.45, 2.75) is 18.6 Å². The number of amides is 3. The fourth-order valence-corrected chi connectivity index (χ4v) is 3.48. The van der Waals surface area contributed by atoms with Crippen molar-refractivity contribution in [1.82, 2.24) is 10.9 Å². The van der Waals surface area contributed by atoms with Crippen LogP contribution in [0.2, 0.25) is 0 Å². The van der Waals surface area contributed by atoms with E-state index in [1.54, 1.807) is 24.3 Å². The number of anilines is 1. The number of nitrogens with one attached hydrogen (secondary N) is 2. The Morgan fingerprint density at radius 2 is 1.68 bits per heavy atom. The molecular weight excluding hydrogens is 411 g/mol. The maximum atomic E-state index is 13.0. The second-order valence-corrected chi connectivity index (χ2v) is 7.00. The normalized spacial score (nSPS) is 16.7. The van der Waals surface area contributed by atoms with Gasteiger partial charge in [0.15, 0.2) is 0 Å². The summed E-state index contributed by atoms with van der Waals surface area (Å²) >= 11 is 0. The molecule has 0 bridgehead atoms. The highest BCUT2D eigenvalue weighted by atomic mass is 19.4. The molecular formula is C22H16F3N3O3. The van der Waals surface area contributed by atoms with Crippen LogP contribution in [-0.2, 0) is 15.8 Å². The van der Waals surface area contributed by atoms with Crippen molar-refractivity contribution in [3.05, 3.63) is 77.9 Å². The summed E-state index contributed by atoms with van der Waals surface area (Å²) in [4.78, 5) is 38.3. The van der Waals surface area contributed by atoms with Crippen molar-refractivity contribution in [1.29, 1.82) is 0 Å². The van der Waals surface area contributed by atoms with E-state index in [2.05, 4.69) is 10.9 Å². The van der Waals surface area contributed by atoms with Gasteiger partial charge in [-0.15, -0.1) is 0 Å². The fourth-order valence-electron chi connectivity index (χ4n) is 3.48. The molecule has 158 valence electrons. The van der Waals surface area contributed by atoms with E-state index in [1.807, 2.05) is 18.2 Å². The predicted molar refractivity (Wildman–Crippen MR) is 107 cm³/mol. The Labute approximate surface area is 174 Å². The molecule has 1 aliphatic rings. The van der Waals surface area contributed by atoms with Crippen molar-refractivity contribution in [2.75, 3.05) is 4.90 Å². The molecule has 1 saturated heterocycles. The number of fused-ring (bicyclic) bond motifs is 1. The lowest BCUT2D eigenvalue weighted by Crippen LogP contribution is -2.48. The van der Waals surface area contributed by atoms with E-state index < -0.39 is 35.5 Å². The zero-order valence-corrected chi connectivity index (χ0v) is 15.9. The Kier molecular flexibility index (Phi) is 5.20. The van der Waals surface area contributed by atoms with E-state index in [0.29, 0.717) is 15.8 Å².